The molecule has 0 aliphatic heterocycles. The maximum Gasteiger partial charge on any atom is 0.417 e. The monoisotopic (exact) mass is 270 g/mol. The summed E-state index contributed by atoms with van der Waals surface area (Å²) in [4.78, 5) is 11.4. The number of nitrogens with zero attached hydrogens (tertiary/aromatic N) is 2. The fraction of sp³-hybridized carbons (Fsp3) is 0.0909. The van der Waals surface area contributed by atoms with Gasteiger partial charge in [-0.1, -0.05) is 11.5 Å². The third kappa shape index (κ3) is 2.15. The zero-order valence-corrected chi connectivity index (χ0v) is 9.55. The summed E-state index contributed by atoms with van der Waals surface area (Å²) in [7, 11) is 0. The molecule has 1 aromatic heterocycles. The number of rotatable bonds is 1. The highest BCUT2D eigenvalue weighted by Gasteiger charge is 2.34. The SMILES string of the molecule is N#Cc1ccc(-n2sccc2=O)cc1C(F)(F)F. The zero-order valence-electron chi connectivity index (χ0n) is 8.73. The molecule has 3 nitrogen and oxygen atoms in total. The van der Waals surface area contributed by atoms with E-state index in [1.807, 2.05) is 0 Å². The summed E-state index contributed by atoms with van der Waals surface area (Å²) in [6.07, 6.45) is -4.62. The molecule has 0 radical (unpaired) electrons. The largest absolute Gasteiger partial charge is 0.417 e. The van der Waals surface area contributed by atoms with Crippen molar-refractivity contribution in [3.05, 3.63) is 51.1 Å². The molecule has 1 aromatic carbocycles. The predicted octanol–water partition coefficient (Wildman–Crippen LogP) is 2.79. The summed E-state index contributed by atoms with van der Waals surface area (Å²) in [5, 5.41) is 10.1. The topological polar surface area (TPSA) is 45.8 Å². The van der Waals surface area contributed by atoms with Crippen molar-refractivity contribution >= 4 is 11.5 Å². The van der Waals surface area contributed by atoms with Crippen molar-refractivity contribution in [2.75, 3.05) is 0 Å². The quantitative estimate of drug-likeness (QED) is 0.799. The molecule has 0 amide bonds. The third-order valence-electron chi connectivity index (χ3n) is 2.24. The smallest absolute Gasteiger partial charge is 0.268 e. The van der Waals surface area contributed by atoms with Crippen molar-refractivity contribution in [1.82, 2.24) is 3.96 Å². The summed E-state index contributed by atoms with van der Waals surface area (Å²) in [5.74, 6) is 0. The van der Waals surface area contributed by atoms with Crippen molar-refractivity contribution in [2.24, 2.45) is 0 Å². The van der Waals surface area contributed by atoms with Gasteiger partial charge in [0.1, 0.15) is 0 Å². The first kappa shape index (κ1) is 12.4. The lowest BCUT2D eigenvalue weighted by atomic mass is 10.1. The van der Waals surface area contributed by atoms with Gasteiger partial charge in [-0.2, -0.15) is 18.4 Å². The van der Waals surface area contributed by atoms with E-state index in [1.54, 1.807) is 0 Å². The number of hydrogen-bond acceptors (Lipinski definition) is 3. The van der Waals surface area contributed by atoms with Gasteiger partial charge in [-0.15, -0.1) is 0 Å². The summed E-state index contributed by atoms with van der Waals surface area (Å²) < 4.78 is 39.3. The van der Waals surface area contributed by atoms with Crippen LogP contribution in [0, 0.1) is 11.3 Å². The molecule has 2 rings (SSSR count). The predicted molar refractivity (Wildman–Crippen MR) is 59.6 cm³/mol. The Morgan fingerprint density at radius 1 is 1.28 bits per heavy atom. The molecule has 0 spiro atoms. The minimum absolute atomic E-state index is 0.0984. The number of alkyl halides is 3. The highest BCUT2D eigenvalue weighted by molar-refractivity contribution is 7.04. The molecule has 0 saturated carbocycles. The van der Waals surface area contributed by atoms with Gasteiger partial charge in [0.2, 0.25) is 0 Å². The van der Waals surface area contributed by atoms with E-state index in [9.17, 15) is 18.0 Å². The number of hydrogen-bond donors (Lipinski definition) is 0. The van der Waals surface area contributed by atoms with Gasteiger partial charge < -0.3 is 0 Å². The summed E-state index contributed by atoms with van der Waals surface area (Å²) in [5.41, 5.74) is -1.81. The highest BCUT2D eigenvalue weighted by Crippen LogP contribution is 2.33. The summed E-state index contributed by atoms with van der Waals surface area (Å²) in [6, 6.07) is 5.92. The van der Waals surface area contributed by atoms with E-state index in [1.165, 1.54) is 23.6 Å². The Balaban J connectivity index is 2.65. The fourth-order valence-corrected chi connectivity index (χ4v) is 2.15. The van der Waals surface area contributed by atoms with Crippen molar-refractivity contribution in [3.8, 4) is 11.8 Å². The van der Waals surface area contributed by atoms with Crippen molar-refractivity contribution in [1.29, 1.82) is 5.26 Å². The minimum atomic E-state index is -4.62. The van der Waals surface area contributed by atoms with Crippen LogP contribution in [0.3, 0.4) is 0 Å². The summed E-state index contributed by atoms with van der Waals surface area (Å²) >= 11 is 0.989. The van der Waals surface area contributed by atoms with E-state index < -0.39 is 22.9 Å². The van der Waals surface area contributed by atoms with Crippen LogP contribution in [0.4, 0.5) is 13.2 Å². The van der Waals surface area contributed by atoms with Crippen molar-refractivity contribution < 1.29 is 13.2 Å². The molecule has 0 atom stereocenters. The van der Waals surface area contributed by atoms with E-state index in [0.29, 0.717) is 0 Å². The Morgan fingerprint density at radius 2 is 2.00 bits per heavy atom. The average molecular weight is 270 g/mol. The molecule has 7 heteroatoms. The Morgan fingerprint density at radius 3 is 2.50 bits per heavy atom. The first-order chi connectivity index (χ1) is 8.43. The molecule has 0 unspecified atom stereocenters. The lowest BCUT2D eigenvalue weighted by Crippen LogP contribution is -2.13. The molecule has 2 aromatic rings. The Labute approximate surface area is 103 Å². The first-order valence-corrected chi connectivity index (χ1v) is 5.56. The number of benzene rings is 1. The molecule has 92 valence electrons. The number of aromatic nitrogens is 1. The Kier molecular flexibility index (Phi) is 2.97. The molecule has 1 heterocycles. The van der Waals surface area contributed by atoms with Gasteiger partial charge in [0.25, 0.3) is 5.56 Å². The number of halogens is 3. The second-order valence-corrected chi connectivity index (χ2v) is 4.23. The van der Waals surface area contributed by atoms with Gasteiger partial charge in [0.05, 0.1) is 22.9 Å². The van der Waals surface area contributed by atoms with E-state index >= 15 is 0 Å². The molecule has 0 fully saturated rings. The summed E-state index contributed by atoms with van der Waals surface area (Å²) in [6.45, 7) is 0. The van der Waals surface area contributed by atoms with E-state index in [0.717, 1.165) is 27.6 Å². The van der Waals surface area contributed by atoms with Crippen molar-refractivity contribution in [2.45, 2.75) is 6.18 Å². The lowest BCUT2D eigenvalue weighted by Gasteiger charge is -2.10. The van der Waals surface area contributed by atoms with E-state index in [-0.39, 0.29) is 5.69 Å². The normalized spacial score (nSPS) is 11.2. The molecule has 0 saturated heterocycles. The Bertz CT molecular complexity index is 679. The van der Waals surface area contributed by atoms with Crippen LogP contribution in [0.5, 0.6) is 0 Å². The van der Waals surface area contributed by atoms with Crippen LogP contribution < -0.4 is 5.56 Å². The minimum Gasteiger partial charge on any atom is -0.268 e. The fourth-order valence-electron chi connectivity index (χ4n) is 1.45. The van der Waals surface area contributed by atoms with Crippen LogP contribution in [0.15, 0.2) is 34.4 Å². The van der Waals surface area contributed by atoms with Gasteiger partial charge >= 0.3 is 6.18 Å². The van der Waals surface area contributed by atoms with Crippen LogP contribution in [-0.4, -0.2) is 3.96 Å². The average Bonchev–Trinajstić information content (AvgIpc) is 2.73. The molecular weight excluding hydrogens is 265 g/mol. The standard InChI is InChI=1S/C11H5F3N2OS/c12-11(13,14)9-5-8(2-1-7(9)6-15)16-10(17)3-4-18-16/h1-5H. The molecule has 0 N–H and O–H groups in total. The van der Waals surface area contributed by atoms with Gasteiger partial charge in [-0.25, -0.2) is 3.96 Å². The second-order valence-electron chi connectivity index (χ2n) is 3.38. The first-order valence-electron chi connectivity index (χ1n) is 4.72. The maximum absolute atomic E-state index is 12.7. The van der Waals surface area contributed by atoms with Crippen molar-refractivity contribution in [3.63, 3.8) is 0 Å². The van der Waals surface area contributed by atoms with Crippen LogP contribution in [0.1, 0.15) is 11.1 Å². The van der Waals surface area contributed by atoms with Gasteiger partial charge in [-0.05, 0) is 18.2 Å². The maximum atomic E-state index is 12.7. The molecule has 18 heavy (non-hydrogen) atoms. The van der Waals surface area contributed by atoms with Gasteiger partial charge in [0.15, 0.2) is 0 Å². The lowest BCUT2D eigenvalue weighted by molar-refractivity contribution is -0.137. The van der Waals surface area contributed by atoms with Gasteiger partial charge in [-0.3, -0.25) is 4.79 Å². The van der Waals surface area contributed by atoms with Crippen LogP contribution in [0.25, 0.3) is 5.69 Å². The molecule has 0 bridgehead atoms. The third-order valence-corrected chi connectivity index (χ3v) is 3.10. The molecule has 0 aliphatic carbocycles. The van der Waals surface area contributed by atoms with Crippen LogP contribution in [-0.2, 0) is 6.18 Å². The van der Waals surface area contributed by atoms with E-state index in [2.05, 4.69) is 0 Å². The molecule has 0 aliphatic rings. The van der Waals surface area contributed by atoms with Crippen LogP contribution >= 0.6 is 11.5 Å². The van der Waals surface area contributed by atoms with E-state index in [4.69, 9.17) is 5.26 Å². The number of nitriles is 1. The zero-order chi connectivity index (χ0) is 13.3. The molecular formula is C11H5F3N2OS. The second kappa shape index (κ2) is 4.31. The Hall–Kier alpha value is -2.07. The van der Waals surface area contributed by atoms with Crippen LogP contribution in [0.2, 0.25) is 0 Å². The van der Waals surface area contributed by atoms with Gasteiger partial charge in [0, 0.05) is 11.4 Å². The highest BCUT2D eigenvalue weighted by atomic mass is 32.1.